The molecule has 2 rings (SSSR count). The van der Waals surface area contributed by atoms with Crippen LogP contribution in [0.3, 0.4) is 0 Å². The molecule has 0 atom stereocenters. The van der Waals surface area contributed by atoms with E-state index < -0.39 is 0 Å². The number of amides is 1. The molecule has 1 aliphatic heterocycles. The highest BCUT2D eigenvalue weighted by molar-refractivity contribution is 5.99. The highest BCUT2D eigenvalue weighted by atomic mass is 16.1. The first-order chi connectivity index (χ1) is 7.79. The van der Waals surface area contributed by atoms with Crippen LogP contribution in [0.1, 0.15) is 17.5 Å². The Morgan fingerprint density at radius 3 is 3.19 bits per heavy atom. The van der Waals surface area contributed by atoms with Crippen LogP contribution >= 0.6 is 0 Å². The number of hydrogen-bond acceptors (Lipinski definition) is 2. The molecule has 1 aliphatic rings. The van der Waals surface area contributed by atoms with Gasteiger partial charge in [-0.1, -0.05) is 11.8 Å². The second kappa shape index (κ2) is 4.82. The molecule has 82 valence electrons. The third-order valence-electron chi connectivity index (χ3n) is 2.46. The predicted octanol–water partition coefficient (Wildman–Crippen LogP) is 1.14. The van der Waals surface area contributed by atoms with Gasteiger partial charge in [-0.2, -0.15) is 0 Å². The summed E-state index contributed by atoms with van der Waals surface area (Å²) in [6.07, 6.45) is 1.31. The summed E-state index contributed by atoms with van der Waals surface area (Å²) in [7, 11) is 1.91. The molecule has 2 N–H and O–H groups in total. The van der Waals surface area contributed by atoms with Gasteiger partial charge in [0.2, 0.25) is 5.91 Å². The molecular weight excluding hydrogens is 200 g/mol. The number of nitrogens with one attached hydrogen (secondary N) is 2. The van der Waals surface area contributed by atoms with E-state index in [1.165, 1.54) is 0 Å². The largest absolute Gasteiger partial charge is 0.326 e. The van der Waals surface area contributed by atoms with E-state index in [0.717, 1.165) is 29.8 Å². The van der Waals surface area contributed by atoms with Gasteiger partial charge in [-0.25, -0.2) is 0 Å². The van der Waals surface area contributed by atoms with E-state index in [1.807, 2.05) is 25.2 Å². The quantitative estimate of drug-likeness (QED) is 0.572. The van der Waals surface area contributed by atoms with Crippen LogP contribution in [0, 0.1) is 11.8 Å². The van der Waals surface area contributed by atoms with Crippen LogP contribution in [-0.2, 0) is 11.2 Å². The van der Waals surface area contributed by atoms with E-state index in [0.29, 0.717) is 6.42 Å². The van der Waals surface area contributed by atoms with Gasteiger partial charge in [-0.3, -0.25) is 4.79 Å². The molecule has 0 spiro atoms. The van der Waals surface area contributed by atoms with Gasteiger partial charge in [0.1, 0.15) is 0 Å². The summed E-state index contributed by atoms with van der Waals surface area (Å²) >= 11 is 0. The maximum absolute atomic E-state index is 11.2. The lowest BCUT2D eigenvalue weighted by molar-refractivity contribution is -0.115. The Kier molecular flexibility index (Phi) is 3.23. The first-order valence-electron chi connectivity index (χ1n) is 5.36. The third kappa shape index (κ3) is 2.41. The number of anilines is 1. The average molecular weight is 214 g/mol. The fourth-order valence-corrected chi connectivity index (χ4v) is 1.66. The van der Waals surface area contributed by atoms with Gasteiger partial charge < -0.3 is 10.6 Å². The summed E-state index contributed by atoms with van der Waals surface area (Å²) in [6, 6.07) is 5.85. The van der Waals surface area contributed by atoms with Gasteiger partial charge in [-0.05, 0) is 30.8 Å². The van der Waals surface area contributed by atoms with Crippen LogP contribution in [0.2, 0.25) is 0 Å². The Hall–Kier alpha value is -1.79. The van der Waals surface area contributed by atoms with E-state index in [2.05, 4.69) is 22.5 Å². The lowest BCUT2D eigenvalue weighted by atomic mass is 10.1. The van der Waals surface area contributed by atoms with Crippen molar-refractivity contribution in [2.45, 2.75) is 12.8 Å². The highest BCUT2D eigenvalue weighted by Gasteiger charge is 2.16. The van der Waals surface area contributed by atoms with Crippen LogP contribution in [0.5, 0.6) is 0 Å². The summed E-state index contributed by atoms with van der Waals surface area (Å²) in [6.45, 7) is 0.901. The number of carbonyl (C=O) groups excluding carboxylic acids is 1. The van der Waals surface area contributed by atoms with Crippen molar-refractivity contribution in [1.82, 2.24) is 5.32 Å². The van der Waals surface area contributed by atoms with Crippen molar-refractivity contribution in [1.29, 1.82) is 0 Å². The average Bonchev–Trinajstić information content (AvgIpc) is 2.64. The summed E-state index contributed by atoms with van der Waals surface area (Å²) in [5, 5.41) is 5.85. The number of fused-ring (bicyclic) bond motifs is 1. The fraction of sp³-hybridized carbons (Fsp3) is 0.308. The van der Waals surface area contributed by atoms with Gasteiger partial charge in [0.15, 0.2) is 0 Å². The molecule has 0 aromatic heterocycles. The van der Waals surface area contributed by atoms with Gasteiger partial charge in [-0.15, -0.1) is 0 Å². The van der Waals surface area contributed by atoms with Gasteiger partial charge in [0, 0.05) is 24.2 Å². The van der Waals surface area contributed by atoms with Crippen LogP contribution < -0.4 is 10.6 Å². The molecule has 0 saturated carbocycles. The molecule has 1 aromatic rings. The molecule has 16 heavy (non-hydrogen) atoms. The Balaban J connectivity index is 2.09. The van der Waals surface area contributed by atoms with Crippen molar-refractivity contribution in [2.75, 3.05) is 18.9 Å². The molecule has 0 unspecified atom stereocenters. The standard InChI is InChI=1S/C13H14N2O/c1-14-7-3-2-4-10-5-6-12-11(8-10)9-13(16)15-12/h5-6,8,14H,3,7,9H2,1H3,(H,15,16). The van der Waals surface area contributed by atoms with Crippen molar-refractivity contribution in [3.8, 4) is 11.8 Å². The van der Waals surface area contributed by atoms with Gasteiger partial charge in [0.25, 0.3) is 0 Å². The summed E-state index contributed by atoms with van der Waals surface area (Å²) in [5.74, 6) is 6.25. The molecule has 0 saturated heterocycles. The SMILES string of the molecule is CNCCC#Cc1ccc2c(c1)CC(=O)N2. The minimum Gasteiger partial charge on any atom is -0.326 e. The van der Waals surface area contributed by atoms with E-state index in [1.54, 1.807) is 0 Å². The lowest BCUT2D eigenvalue weighted by Crippen LogP contribution is -2.05. The number of benzene rings is 1. The minimum atomic E-state index is 0.0651. The molecule has 3 nitrogen and oxygen atoms in total. The van der Waals surface area contributed by atoms with E-state index in [9.17, 15) is 4.79 Å². The van der Waals surface area contributed by atoms with Crippen LogP contribution in [-0.4, -0.2) is 19.5 Å². The van der Waals surface area contributed by atoms with E-state index in [-0.39, 0.29) is 5.91 Å². The smallest absolute Gasteiger partial charge is 0.228 e. The first kappa shape index (κ1) is 10.7. The molecule has 1 amide bonds. The molecular formula is C13H14N2O. The van der Waals surface area contributed by atoms with Crippen LogP contribution in [0.25, 0.3) is 0 Å². The Labute approximate surface area is 95.2 Å². The molecule has 0 radical (unpaired) electrons. The summed E-state index contributed by atoms with van der Waals surface area (Å²) in [4.78, 5) is 11.2. The van der Waals surface area contributed by atoms with Crippen molar-refractivity contribution < 1.29 is 4.79 Å². The van der Waals surface area contributed by atoms with E-state index >= 15 is 0 Å². The van der Waals surface area contributed by atoms with Crippen LogP contribution in [0.4, 0.5) is 5.69 Å². The lowest BCUT2D eigenvalue weighted by Gasteiger charge is -1.97. The molecule has 0 bridgehead atoms. The van der Waals surface area contributed by atoms with Crippen molar-refractivity contribution in [3.63, 3.8) is 0 Å². The van der Waals surface area contributed by atoms with Gasteiger partial charge >= 0.3 is 0 Å². The summed E-state index contributed by atoms with van der Waals surface area (Å²) in [5.41, 5.74) is 2.95. The first-order valence-corrected chi connectivity index (χ1v) is 5.36. The zero-order valence-corrected chi connectivity index (χ0v) is 9.26. The number of hydrogen-bond donors (Lipinski definition) is 2. The summed E-state index contributed by atoms with van der Waals surface area (Å²) < 4.78 is 0. The molecule has 3 heteroatoms. The number of carbonyl (C=O) groups is 1. The maximum Gasteiger partial charge on any atom is 0.228 e. The Bertz CT molecular complexity index is 469. The molecule has 1 aromatic carbocycles. The van der Waals surface area contributed by atoms with Crippen molar-refractivity contribution in [2.24, 2.45) is 0 Å². The minimum absolute atomic E-state index is 0.0651. The Morgan fingerprint density at radius 2 is 2.38 bits per heavy atom. The monoisotopic (exact) mass is 214 g/mol. The topological polar surface area (TPSA) is 41.1 Å². The second-order valence-electron chi connectivity index (χ2n) is 3.75. The zero-order valence-electron chi connectivity index (χ0n) is 9.26. The molecule has 1 heterocycles. The van der Waals surface area contributed by atoms with Gasteiger partial charge in [0.05, 0.1) is 6.42 Å². The molecule has 0 fully saturated rings. The van der Waals surface area contributed by atoms with E-state index in [4.69, 9.17) is 0 Å². The Morgan fingerprint density at radius 1 is 1.50 bits per heavy atom. The fourth-order valence-electron chi connectivity index (χ4n) is 1.66. The predicted molar refractivity (Wildman–Crippen MR) is 64.2 cm³/mol. The van der Waals surface area contributed by atoms with Crippen molar-refractivity contribution >= 4 is 11.6 Å². The number of rotatable bonds is 2. The maximum atomic E-state index is 11.2. The zero-order chi connectivity index (χ0) is 11.4. The van der Waals surface area contributed by atoms with Crippen molar-refractivity contribution in [3.05, 3.63) is 29.3 Å². The second-order valence-corrected chi connectivity index (χ2v) is 3.75. The highest BCUT2D eigenvalue weighted by Crippen LogP contribution is 2.23. The third-order valence-corrected chi connectivity index (χ3v) is 2.46. The normalized spacial score (nSPS) is 12.7. The molecule has 0 aliphatic carbocycles. The van der Waals surface area contributed by atoms with Crippen LogP contribution in [0.15, 0.2) is 18.2 Å².